The lowest BCUT2D eigenvalue weighted by Gasteiger charge is -2.25. The zero-order valence-electron chi connectivity index (χ0n) is 18.7. The van der Waals surface area contributed by atoms with Crippen LogP contribution in [0.3, 0.4) is 0 Å². The zero-order chi connectivity index (χ0) is 22.8. The highest BCUT2D eigenvalue weighted by molar-refractivity contribution is 14.1. The molecule has 1 aromatic rings. The van der Waals surface area contributed by atoms with Gasteiger partial charge in [-0.1, -0.05) is 20.8 Å². The van der Waals surface area contributed by atoms with Crippen molar-refractivity contribution in [3.8, 4) is 5.75 Å². The molecule has 0 heterocycles. The SMILES string of the molecule is CC(C)(C)NS(=O)(=O)Oc1c(I)cc(C(C)(C)C)cc1CNC(=O)OC(C)(C)C. The van der Waals surface area contributed by atoms with E-state index < -0.39 is 27.5 Å². The van der Waals surface area contributed by atoms with Crippen LogP contribution in [-0.4, -0.2) is 25.7 Å². The number of nitrogens with one attached hydrogen (secondary N) is 2. The van der Waals surface area contributed by atoms with E-state index in [9.17, 15) is 13.2 Å². The topological polar surface area (TPSA) is 93.7 Å². The van der Waals surface area contributed by atoms with Crippen LogP contribution in [0.4, 0.5) is 4.79 Å². The second-order valence-corrected chi connectivity index (χ2v) is 12.4. The van der Waals surface area contributed by atoms with Crippen LogP contribution in [0.1, 0.15) is 73.4 Å². The first kappa shape index (κ1) is 26.0. The van der Waals surface area contributed by atoms with Crippen molar-refractivity contribution in [2.75, 3.05) is 0 Å². The van der Waals surface area contributed by atoms with Gasteiger partial charge in [-0.3, -0.25) is 0 Å². The largest absolute Gasteiger partial charge is 0.444 e. The molecule has 0 fully saturated rings. The Morgan fingerprint density at radius 2 is 1.59 bits per heavy atom. The average Bonchev–Trinajstić information content (AvgIpc) is 2.41. The first-order valence-electron chi connectivity index (χ1n) is 9.32. The van der Waals surface area contributed by atoms with Crippen molar-refractivity contribution in [3.63, 3.8) is 0 Å². The van der Waals surface area contributed by atoms with E-state index in [1.54, 1.807) is 41.5 Å². The maximum absolute atomic E-state index is 12.5. The van der Waals surface area contributed by atoms with Gasteiger partial charge in [0.05, 0.1) is 3.57 Å². The summed E-state index contributed by atoms with van der Waals surface area (Å²) in [5.41, 5.74) is 0.0560. The second kappa shape index (κ2) is 8.97. The van der Waals surface area contributed by atoms with E-state index in [0.717, 1.165) is 5.56 Å². The van der Waals surface area contributed by atoms with Crippen LogP contribution < -0.4 is 14.2 Å². The number of amides is 1. The number of carbonyl (C=O) groups excluding carboxylic acids is 1. The molecule has 1 amide bonds. The van der Waals surface area contributed by atoms with E-state index in [-0.39, 0.29) is 17.7 Å². The van der Waals surface area contributed by atoms with Gasteiger partial charge in [-0.2, -0.15) is 13.1 Å². The highest BCUT2D eigenvalue weighted by Gasteiger charge is 2.26. The molecule has 0 aliphatic carbocycles. The van der Waals surface area contributed by atoms with Crippen LogP contribution in [0.25, 0.3) is 0 Å². The monoisotopic (exact) mass is 540 g/mol. The quantitative estimate of drug-likeness (QED) is 0.532. The Balaban J connectivity index is 3.28. The first-order chi connectivity index (χ1) is 12.8. The fourth-order valence-corrected chi connectivity index (χ4v) is 4.44. The van der Waals surface area contributed by atoms with Crippen molar-refractivity contribution in [1.29, 1.82) is 0 Å². The molecule has 1 rings (SSSR count). The normalized spacial score (nSPS) is 13.2. The van der Waals surface area contributed by atoms with Crippen LogP contribution in [0.15, 0.2) is 12.1 Å². The third-order valence-electron chi connectivity index (χ3n) is 3.43. The fraction of sp³-hybridized carbons (Fsp3) is 0.650. The molecule has 0 spiro atoms. The molecule has 0 aromatic heterocycles. The van der Waals surface area contributed by atoms with Gasteiger partial charge in [-0.05, 0) is 87.2 Å². The van der Waals surface area contributed by atoms with Crippen molar-refractivity contribution in [2.45, 2.75) is 85.4 Å². The molecule has 0 radical (unpaired) electrons. The lowest BCUT2D eigenvalue weighted by molar-refractivity contribution is 0.0523. The maximum atomic E-state index is 12.5. The van der Waals surface area contributed by atoms with E-state index in [4.69, 9.17) is 8.92 Å². The Kier molecular flexibility index (Phi) is 8.03. The Morgan fingerprint density at radius 3 is 2.03 bits per heavy atom. The van der Waals surface area contributed by atoms with Crippen molar-refractivity contribution in [1.82, 2.24) is 10.0 Å². The molecule has 166 valence electrons. The molecular weight excluding hydrogens is 507 g/mol. The van der Waals surface area contributed by atoms with Crippen LogP contribution in [0.5, 0.6) is 5.75 Å². The molecule has 0 saturated heterocycles. The summed E-state index contributed by atoms with van der Waals surface area (Å²) in [7, 11) is -4.05. The third kappa shape index (κ3) is 9.52. The number of hydrogen-bond acceptors (Lipinski definition) is 5. The molecule has 0 unspecified atom stereocenters. The number of rotatable bonds is 5. The summed E-state index contributed by atoms with van der Waals surface area (Å²) in [6.45, 7) is 16.7. The third-order valence-corrected chi connectivity index (χ3v) is 5.48. The van der Waals surface area contributed by atoms with Crippen LogP contribution >= 0.6 is 22.6 Å². The van der Waals surface area contributed by atoms with Crippen LogP contribution in [0, 0.1) is 3.57 Å². The number of alkyl carbamates (subject to hydrolysis) is 1. The van der Waals surface area contributed by atoms with E-state index >= 15 is 0 Å². The molecule has 7 nitrogen and oxygen atoms in total. The molecular formula is C20H33IN2O5S. The summed E-state index contributed by atoms with van der Waals surface area (Å²) in [6, 6.07) is 3.74. The molecule has 0 atom stereocenters. The Labute approximate surface area is 188 Å². The second-order valence-electron chi connectivity index (χ2n) is 9.94. The molecule has 0 bridgehead atoms. The predicted molar refractivity (Wildman–Crippen MR) is 123 cm³/mol. The van der Waals surface area contributed by atoms with Gasteiger partial charge < -0.3 is 14.2 Å². The Hall–Kier alpha value is -1.07. The molecule has 0 aliphatic heterocycles. The van der Waals surface area contributed by atoms with Crippen LogP contribution in [0.2, 0.25) is 0 Å². The molecule has 1 aromatic carbocycles. The molecule has 2 N–H and O–H groups in total. The van der Waals surface area contributed by atoms with E-state index in [2.05, 4.69) is 30.8 Å². The van der Waals surface area contributed by atoms with Crippen molar-refractivity contribution in [2.24, 2.45) is 0 Å². The molecule has 29 heavy (non-hydrogen) atoms. The summed E-state index contributed by atoms with van der Waals surface area (Å²) in [4.78, 5) is 12.1. The van der Waals surface area contributed by atoms with E-state index in [1.807, 2.05) is 34.7 Å². The molecule has 9 heteroatoms. The summed E-state index contributed by atoms with van der Waals surface area (Å²) >= 11 is 2.05. The summed E-state index contributed by atoms with van der Waals surface area (Å²) < 4.78 is 38.7. The van der Waals surface area contributed by atoms with E-state index in [0.29, 0.717) is 9.13 Å². The van der Waals surface area contributed by atoms with Crippen LogP contribution in [-0.2, 0) is 27.0 Å². The highest BCUT2D eigenvalue weighted by Crippen LogP contribution is 2.33. The fourth-order valence-electron chi connectivity index (χ4n) is 2.30. The number of ether oxygens (including phenoxy) is 1. The summed E-state index contributed by atoms with van der Waals surface area (Å²) in [6.07, 6.45) is -0.588. The van der Waals surface area contributed by atoms with Crippen molar-refractivity contribution >= 4 is 39.0 Å². The van der Waals surface area contributed by atoms with Crippen molar-refractivity contribution in [3.05, 3.63) is 26.8 Å². The van der Waals surface area contributed by atoms with Gasteiger partial charge in [0, 0.05) is 17.6 Å². The first-order valence-corrected chi connectivity index (χ1v) is 11.8. The van der Waals surface area contributed by atoms with Gasteiger partial charge in [0.2, 0.25) is 0 Å². The smallest absolute Gasteiger partial charge is 0.407 e. The lowest BCUT2D eigenvalue weighted by atomic mass is 9.86. The standard InChI is InChI=1S/C20H33IN2O5S/c1-18(2,3)14-10-13(12-22-17(24)27-20(7,8)9)16(15(21)11-14)28-29(25,26)23-19(4,5)6/h10-11,23H,12H2,1-9H3,(H,22,24). The van der Waals surface area contributed by atoms with Gasteiger partial charge >= 0.3 is 16.4 Å². The summed E-state index contributed by atoms with van der Waals surface area (Å²) in [5, 5.41) is 2.68. The van der Waals surface area contributed by atoms with Crippen molar-refractivity contribution < 1.29 is 22.1 Å². The predicted octanol–water partition coefficient (Wildman–Crippen LogP) is 4.63. The lowest BCUT2D eigenvalue weighted by Crippen LogP contribution is -2.43. The minimum absolute atomic E-state index is 0.0647. The molecule has 0 aliphatic rings. The highest BCUT2D eigenvalue weighted by atomic mass is 127. The van der Waals surface area contributed by atoms with Gasteiger partial charge in [0.1, 0.15) is 5.60 Å². The molecule has 0 saturated carbocycles. The Morgan fingerprint density at radius 1 is 1.03 bits per heavy atom. The summed E-state index contributed by atoms with van der Waals surface area (Å²) in [5.74, 6) is 0.186. The average molecular weight is 540 g/mol. The minimum atomic E-state index is -4.05. The van der Waals surface area contributed by atoms with Gasteiger partial charge in [0.15, 0.2) is 5.75 Å². The number of benzene rings is 1. The van der Waals surface area contributed by atoms with E-state index in [1.165, 1.54) is 0 Å². The van der Waals surface area contributed by atoms with Gasteiger partial charge in [0.25, 0.3) is 0 Å². The van der Waals surface area contributed by atoms with Gasteiger partial charge in [-0.15, -0.1) is 0 Å². The minimum Gasteiger partial charge on any atom is -0.444 e. The maximum Gasteiger partial charge on any atom is 0.407 e. The number of halogens is 1. The number of carbonyl (C=O) groups is 1. The number of hydrogen-bond donors (Lipinski definition) is 2. The zero-order valence-corrected chi connectivity index (χ0v) is 21.7. The Bertz CT molecular complexity index is 847. The van der Waals surface area contributed by atoms with Gasteiger partial charge in [-0.25, -0.2) is 4.79 Å².